The topological polar surface area (TPSA) is 206 Å². The summed E-state index contributed by atoms with van der Waals surface area (Å²) in [5, 5.41) is 64.3. The van der Waals surface area contributed by atoms with E-state index in [-0.39, 0.29) is 12.3 Å². The molecule has 0 aromatic heterocycles. The van der Waals surface area contributed by atoms with Gasteiger partial charge in [-0.25, -0.2) is 4.57 Å². The second-order valence-electron chi connectivity index (χ2n) is 21.6. The summed E-state index contributed by atoms with van der Waals surface area (Å²) in [4.78, 5) is 23.5. The largest absolute Gasteiger partial charge is 0.472 e. The van der Waals surface area contributed by atoms with Crippen LogP contribution in [-0.2, 0) is 18.4 Å². The molecule has 0 saturated heterocycles. The van der Waals surface area contributed by atoms with Gasteiger partial charge in [0.2, 0.25) is 5.91 Å². The maximum atomic E-state index is 13.0. The fourth-order valence-electron chi connectivity index (χ4n) is 10.1. The van der Waals surface area contributed by atoms with Crippen LogP contribution in [-0.4, -0.2) is 96.8 Å². The van der Waals surface area contributed by atoms with Gasteiger partial charge in [-0.15, -0.1) is 0 Å². The highest BCUT2D eigenvalue weighted by Crippen LogP contribution is 2.47. The first kappa shape index (κ1) is 67.4. The van der Waals surface area contributed by atoms with E-state index in [2.05, 4.69) is 19.2 Å². The van der Waals surface area contributed by atoms with E-state index in [9.17, 15) is 44.9 Å². The third kappa shape index (κ3) is 37.1. The van der Waals surface area contributed by atoms with Crippen molar-refractivity contribution in [2.75, 3.05) is 6.61 Å². The molecular formula is C57H114NO11P. The molecule has 0 heterocycles. The summed E-state index contributed by atoms with van der Waals surface area (Å²) in [5.74, 6) is -0.302. The van der Waals surface area contributed by atoms with E-state index in [1.165, 1.54) is 225 Å². The molecule has 1 rings (SSSR count). The highest BCUT2D eigenvalue weighted by atomic mass is 31.2. The minimum absolute atomic E-state index is 0.243. The van der Waals surface area contributed by atoms with Gasteiger partial charge in [-0.05, 0) is 12.8 Å². The third-order valence-electron chi connectivity index (χ3n) is 14.9. The number of nitrogens with one attached hydrogen (secondary N) is 1. The normalized spacial score (nSPS) is 21.2. The molecule has 1 amide bonds. The van der Waals surface area contributed by atoms with E-state index in [1.807, 2.05) is 0 Å². The van der Waals surface area contributed by atoms with E-state index in [4.69, 9.17) is 9.05 Å². The van der Waals surface area contributed by atoms with Gasteiger partial charge >= 0.3 is 7.82 Å². The highest BCUT2D eigenvalue weighted by molar-refractivity contribution is 7.47. The van der Waals surface area contributed by atoms with Crippen molar-refractivity contribution < 1.29 is 53.9 Å². The lowest BCUT2D eigenvalue weighted by Crippen LogP contribution is -2.64. The molecule has 12 nitrogen and oxygen atoms in total. The van der Waals surface area contributed by atoms with E-state index in [1.54, 1.807) is 0 Å². The molecule has 6 unspecified atom stereocenters. The number of carbonyl (C=O) groups excluding carboxylic acids is 1. The molecule has 0 bridgehead atoms. The quantitative estimate of drug-likeness (QED) is 0.0212. The van der Waals surface area contributed by atoms with Crippen LogP contribution in [0.15, 0.2) is 0 Å². The highest BCUT2D eigenvalue weighted by Gasteiger charge is 2.51. The molecule has 0 radical (unpaired) electrons. The van der Waals surface area contributed by atoms with Gasteiger partial charge in [-0.3, -0.25) is 13.8 Å². The summed E-state index contributed by atoms with van der Waals surface area (Å²) in [6.45, 7) is 3.92. The molecule has 418 valence electrons. The standard InChI is InChI=1S/C57H114NO11P/c1-3-5-7-9-11-13-15-16-17-18-19-20-21-22-23-24-25-26-27-28-29-30-31-32-33-34-35-37-39-41-43-45-47-51(60)58-49(50(59)46-44-42-40-38-36-14-12-10-8-6-4-2)48-68-70(66,67)69-57-55(64)53(62)52(61)54(63)56(57)65/h49-50,52-57,59,61-65H,3-48H2,1-2H3,(H,58,60)(H,66,67)/t49-,50+,52?,53+,54?,55?,56?,57?/m0/s1. The van der Waals surface area contributed by atoms with Crippen molar-refractivity contribution in [3.05, 3.63) is 0 Å². The van der Waals surface area contributed by atoms with Crippen molar-refractivity contribution >= 4 is 13.7 Å². The summed E-state index contributed by atoms with van der Waals surface area (Å²) in [6, 6.07) is -1.03. The van der Waals surface area contributed by atoms with Crippen LogP contribution in [0.1, 0.15) is 303 Å². The summed E-state index contributed by atoms with van der Waals surface area (Å²) in [6.07, 6.45) is 43.2. The van der Waals surface area contributed by atoms with Gasteiger partial charge in [0, 0.05) is 6.42 Å². The fraction of sp³-hybridized carbons (Fsp3) is 0.982. The molecule has 13 heteroatoms. The smallest absolute Gasteiger partial charge is 0.391 e. The van der Waals surface area contributed by atoms with E-state index >= 15 is 0 Å². The molecule has 1 fully saturated rings. The Morgan fingerprint density at radius 2 is 0.686 bits per heavy atom. The van der Waals surface area contributed by atoms with Crippen LogP contribution >= 0.6 is 7.82 Å². The maximum absolute atomic E-state index is 13.0. The Balaban J connectivity index is 2.16. The SMILES string of the molecule is CCCCCCCCCCCCCCCCCCCCCCCCCCCCCCCCCCC(=O)N[C@@H](COP(=O)(O)OC1C(O)C(O)C(O)[C@@H](O)C1O)[C@H](O)CCCCCCCCCCCCC. The van der Waals surface area contributed by atoms with Crippen molar-refractivity contribution in [1.29, 1.82) is 0 Å². The molecule has 0 aromatic carbocycles. The Morgan fingerprint density at radius 3 is 0.986 bits per heavy atom. The first-order valence-electron chi connectivity index (χ1n) is 30.0. The lowest BCUT2D eigenvalue weighted by molar-refractivity contribution is -0.220. The van der Waals surface area contributed by atoms with Gasteiger partial charge in [0.15, 0.2) is 0 Å². The number of aliphatic hydroxyl groups excluding tert-OH is 6. The predicted octanol–water partition coefficient (Wildman–Crippen LogP) is 13.7. The summed E-state index contributed by atoms with van der Waals surface area (Å²) in [5.41, 5.74) is 0. The zero-order valence-corrected chi connectivity index (χ0v) is 46.3. The monoisotopic (exact) mass is 1020 g/mol. The first-order chi connectivity index (χ1) is 33.9. The van der Waals surface area contributed by atoms with Crippen LogP contribution < -0.4 is 5.32 Å². The molecule has 0 aromatic rings. The number of rotatable bonds is 52. The Hall–Kier alpha value is -0.660. The van der Waals surface area contributed by atoms with Gasteiger partial charge in [-0.1, -0.05) is 284 Å². The Labute approximate surface area is 429 Å². The minimum Gasteiger partial charge on any atom is -0.391 e. The van der Waals surface area contributed by atoms with Gasteiger partial charge in [0.05, 0.1) is 18.8 Å². The van der Waals surface area contributed by atoms with Crippen LogP contribution in [0.2, 0.25) is 0 Å². The lowest BCUT2D eigenvalue weighted by atomic mass is 9.85. The molecule has 9 atom stereocenters. The van der Waals surface area contributed by atoms with Crippen LogP contribution in [0.4, 0.5) is 0 Å². The van der Waals surface area contributed by atoms with Crippen molar-refractivity contribution in [2.24, 2.45) is 0 Å². The fourth-order valence-corrected chi connectivity index (χ4v) is 11.1. The Kier molecular flexibility index (Phi) is 45.1. The number of hydrogen-bond donors (Lipinski definition) is 8. The molecule has 0 aliphatic heterocycles. The molecule has 70 heavy (non-hydrogen) atoms. The molecule has 8 N–H and O–H groups in total. The van der Waals surface area contributed by atoms with Crippen molar-refractivity contribution in [1.82, 2.24) is 5.32 Å². The molecule has 1 saturated carbocycles. The third-order valence-corrected chi connectivity index (χ3v) is 15.9. The average molecular weight is 1020 g/mol. The van der Waals surface area contributed by atoms with Crippen LogP contribution in [0.5, 0.6) is 0 Å². The number of phosphoric acid groups is 1. The number of phosphoric ester groups is 1. The number of hydrogen-bond acceptors (Lipinski definition) is 10. The van der Waals surface area contributed by atoms with Crippen LogP contribution in [0.3, 0.4) is 0 Å². The number of aliphatic hydroxyl groups is 6. The average Bonchev–Trinajstić information content (AvgIpc) is 3.34. The molecular weight excluding hydrogens is 906 g/mol. The number of amides is 1. The molecule has 1 aliphatic carbocycles. The van der Waals surface area contributed by atoms with Crippen molar-refractivity contribution in [2.45, 2.75) is 352 Å². The van der Waals surface area contributed by atoms with Crippen molar-refractivity contribution in [3.8, 4) is 0 Å². The van der Waals surface area contributed by atoms with E-state index in [0.717, 1.165) is 38.5 Å². The second kappa shape index (κ2) is 46.8. The van der Waals surface area contributed by atoms with Gasteiger partial charge < -0.3 is 40.8 Å². The minimum atomic E-state index is -5.05. The van der Waals surface area contributed by atoms with Gasteiger partial charge in [0.1, 0.15) is 36.6 Å². The lowest BCUT2D eigenvalue weighted by Gasteiger charge is -2.41. The van der Waals surface area contributed by atoms with Crippen LogP contribution in [0.25, 0.3) is 0 Å². The Bertz CT molecular complexity index is 1190. The van der Waals surface area contributed by atoms with E-state index in [0.29, 0.717) is 19.3 Å². The second-order valence-corrected chi connectivity index (χ2v) is 23.0. The molecule has 0 spiro atoms. The summed E-state index contributed by atoms with van der Waals surface area (Å²) >= 11 is 0. The number of unbranched alkanes of at least 4 members (excludes halogenated alkanes) is 41. The zero-order chi connectivity index (χ0) is 51.3. The van der Waals surface area contributed by atoms with Crippen molar-refractivity contribution in [3.63, 3.8) is 0 Å². The first-order valence-corrected chi connectivity index (χ1v) is 31.5. The Morgan fingerprint density at radius 1 is 0.429 bits per heavy atom. The van der Waals surface area contributed by atoms with Crippen LogP contribution in [0, 0.1) is 0 Å². The predicted molar refractivity (Wildman–Crippen MR) is 288 cm³/mol. The molecule has 1 aliphatic rings. The summed E-state index contributed by atoms with van der Waals surface area (Å²) in [7, 11) is -5.05. The zero-order valence-electron chi connectivity index (χ0n) is 45.4. The van der Waals surface area contributed by atoms with Gasteiger partial charge in [0.25, 0.3) is 0 Å². The van der Waals surface area contributed by atoms with Gasteiger partial charge in [-0.2, -0.15) is 0 Å². The summed E-state index contributed by atoms with van der Waals surface area (Å²) < 4.78 is 23.0. The number of carbonyl (C=O) groups is 1. The van der Waals surface area contributed by atoms with E-state index < -0.39 is 63.2 Å². The maximum Gasteiger partial charge on any atom is 0.472 e.